The number of pyridine rings is 1. The first-order chi connectivity index (χ1) is 5.74. The van der Waals surface area contributed by atoms with Gasteiger partial charge in [0.2, 0.25) is 0 Å². The molecule has 1 aromatic rings. The van der Waals surface area contributed by atoms with Crippen molar-refractivity contribution in [1.29, 1.82) is 0 Å². The molecule has 1 rings (SSSR count). The lowest BCUT2D eigenvalue weighted by Gasteiger charge is -2.09. The maximum Gasteiger partial charge on any atom is 0.106 e. The van der Waals surface area contributed by atoms with E-state index in [0.29, 0.717) is 5.92 Å². The van der Waals surface area contributed by atoms with E-state index < -0.39 is 0 Å². The maximum atomic E-state index is 8.74. The van der Waals surface area contributed by atoms with Gasteiger partial charge in [0.05, 0.1) is 0 Å². The van der Waals surface area contributed by atoms with Crippen molar-refractivity contribution in [1.82, 2.24) is 4.98 Å². The van der Waals surface area contributed by atoms with Gasteiger partial charge < -0.3 is 5.11 Å². The molecule has 1 N–H and O–H groups in total. The van der Waals surface area contributed by atoms with Crippen LogP contribution in [0.2, 0.25) is 0 Å². The van der Waals surface area contributed by atoms with Crippen molar-refractivity contribution in [2.45, 2.75) is 19.3 Å². The topological polar surface area (TPSA) is 33.1 Å². The van der Waals surface area contributed by atoms with E-state index in [4.69, 9.17) is 5.11 Å². The summed E-state index contributed by atoms with van der Waals surface area (Å²) >= 11 is 3.31. The average Bonchev–Trinajstić information content (AvgIpc) is 2.05. The van der Waals surface area contributed by atoms with Crippen molar-refractivity contribution in [3.05, 3.63) is 28.5 Å². The van der Waals surface area contributed by atoms with Crippen molar-refractivity contribution in [3.8, 4) is 0 Å². The summed E-state index contributed by atoms with van der Waals surface area (Å²) in [6.45, 7) is 2.33. The van der Waals surface area contributed by atoms with Crippen molar-refractivity contribution in [3.63, 3.8) is 0 Å². The van der Waals surface area contributed by atoms with Crippen LogP contribution >= 0.6 is 15.9 Å². The largest absolute Gasteiger partial charge is 0.396 e. The summed E-state index contributed by atoms with van der Waals surface area (Å²) in [4.78, 5) is 4.04. The molecule has 1 aromatic heterocycles. The van der Waals surface area contributed by atoms with Crippen LogP contribution in [-0.4, -0.2) is 16.7 Å². The Labute approximate surface area is 80.8 Å². The van der Waals surface area contributed by atoms with Crippen LogP contribution in [0.5, 0.6) is 0 Å². The highest BCUT2D eigenvalue weighted by atomic mass is 79.9. The lowest BCUT2D eigenvalue weighted by Crippen LogP contribution is -1.96. The number of nitrogens with zero attached hydrogens (tertiary/aromatic N) is 1. The van der Waals surface area contributed by atoms with E-state index in [2.05, 4.69) is 27.8 Å². The number of hydrogen-bond acceptors (Lipinski definition) is 2. The Morgan fingerprint density at radius 3 is 3.00 bits per heavy atom. The fourth-order valence-electron chi connectivity index (χ4n) is 1.08. The number of aliphatic hydroxyl groups is 1. The zero-order valence-corrected chi connectivity index (χ0v) is 8.58. The van der Waals surface area contributed by atoms with E-state index in [0.717, 1.165) is 11.0 Å². The Balaban J connectivity index is 2.73. The maximum absolute atomic E-state index is 8.74. The minimum Gasteiger partial charge on any atom is -0.396 e. The number of rotatable bonds is 3. The zero-order valence-electron chi connectivity index (χ0n) is 7.00. The standard InChI is InChI=1S/C9H12BrNO/c1-7(3-5-12)8-2-4-11-9(10)6-8/h2,4,6-7,12H,3,5H2,1H3. The van der Waals surface area contributed by atoms with Crippen LogP contribution in [-0.2, 0) is 0 Å². The van der Waals surface area contributed by atoms with Gasteiger partial charge in [-0.05, 0) is 46.0 Å². The SMILES string of the molecule is CC(CCO)c1ccnc(Br)c1. The van der Waals surface area contributed by atoms with Crippen molar-refractivity contribution in [2.75, 3.05) is 6.61 Å². The second kappa shape index (κ2) is 4.58. The van der Waals surface area contributed by atoms with Crippen LogP contribution in [0, 0.1) is 0 Å². The molecule has 0 radical (unpaired) electrons. The van der Waals surface area contributed by atoms with Crippen LogP contribution in [0.4, 0.5) is 0 Å². The highest BCUT2D eigenvalue weighted by Crippen LogP contribution is 2.20. The average molecular weight is 230 g/mol. The van der Waals surface area contributed by atoms with Crippen molar-refractivity contribution in [2.24, 2.45) is 0 Å². The third-order valence-corrected chi connectivity index (χ3v) is 2.32. The van der Waals surface area contributed by atoms with E-state index in [-0.39, 0.29) is 6.61 Å². The second-order valence-electron chi connectivity index (χ2n) is 2.83. The molecule has 0 bridgehead atoms. The molecular formula is C9H12BrNO. The molecule has 1 heterocycles. The summed E-state index contributed by atoms with van der Waals surface area (Å²) in [6.07, 6.45) is 2.57. The smallest absolute Gasteiger partial charge is 0.106 e. The summed E-state index contributed by atoms with van der Waals surface area (Å²) < 4.78 is 0.852. The molecule has 0 aliphatic rings. The minimum atomic E-state index is 0.237. The lowest BCUT2D eigenvalue weighted by molar-refractivity contribution is 0.278. The fraction of sp³-hybridized carbons (Fsp3) is 0.444. The quantitative estimate of drug-likeness (QED) is 0.808. The summed E-state index contributed by atoms with van der Waals surface area (Å²) in [6, 6.07) is 3.96. The molecule has 12 heavy (non-hydrogen) atoms. The summed E-state index contributed by atoms with van der Waals surface area (Å²) in [5, 5.41) is 8.74. The van der Waals surface area contributed by atoms with Gasteiger partial charge in [-0.1, -0.05) is 6.92 Å². The zero-order chi connectivity index (χ0) is 8.97. The molecule has 0 fully saturated rings. The second-order valence-corrected chi connectivity index (χ2v) is 3.64. The highest BCUT2D eigenvalue weighted by Gasteiger charge is 2.04. The molecule has 1 unspecified atom stereocenters. The highest BCUT2D eigenvalue weighted by molar-refractivity contribution is 9.10. The van der Waals surface area contributed by atoms with E-state index in [1.165, 1.54) is 5.56 Å². The van der Waals surface area contributed by atoms with Crippen LogP contribution < -0.4 is 0 Å². The Kier molecular flexibility index (Phi) is 3.69. The molecule has 0 aromatic carbocycles. The molecule has 0 saturated heterocycles. The molecule has 3 heteroatoms. The molecule has 1 atom stereocenters. The fourth-order valence-corrected chi connectivity index (χ4v) is 1.47. The normalized spacial score (nSPS) is 12.9. The summed E-state index contributed by atoms with van der Waals surface area (Å²) in [7, 11) is 0. The Morgan fingerprint density at radius 1 is 1.67 bits per heavy atom. The van der Waals surface area contributed by atoms with Gasteiger partial charge in [0.15, 0.2) is 0 Å². The first kappa shape index (κ1) is 9.68. The summed E-state index contributed by atoms with van der Waals surface area (Å²) in [5.74, 6) is 0.397. The van der Waals surface area contributed by atoms with Gasteiger partial charge in [0, 0.05) is 12.8 Å². The van der Waals surface area contributed by atoms with Crippen LogP contribution in [0.1, 0.15) is 24.8 Å². The van der Waals surface area contributed by atoms with Crippen LogP contribution in [0.15, 0.2) is 22.9 Å². The van der Waals surface area contributed by atoms with Crippen LogP contribution in [0.25, 0.3) is 0 Å². The monoisotopic (exact) mass is 229 g/mol. The Bertz CT molecular complexity index is 252. The van der Waals surface area contributed by atoms with Gasteiger partial charge in [-0.25, -0.2) is 4.98 Å². The van der Waals surface area contributed by atoms with Crippen LogP contribution in [0.3, 0.4) is 0 Å². The number of aromatic nitrogens is 1. The number of hydrogen-bond donors (Lipinski definition) is 1. The van der Waals surface area contributed by atoms with E-state index in [9.17, 15) is 0 Å². The van der Waals surface area contributed by atoms with Crippen molar-refractivity contribution < 1.29 is 5.11 Å². The Morgan fingerprint density at radius 2 is 2.42 bits per heavy atom. The van der Waals surface area contributed by atoms with E-state index >= 15 is 0 Å². The molecule has 0 spiro atoms. The molecule has 0 aliphatic carbocycles. The van der Waals surface area contributed by atoms with E-state index in [1.807, 2.05) is 12.1 Å². The van der Waals surface area contributed by atoms with Gasteiger partial charge >= 0.3 is 0 Å². The van der Waals surface area contributed by atoms with Gasteiger partial charge in [0.1, 0.15) is 4.60 Å². The number of aliphatic hydroxyl groups excluding tert-OH is 1. The lowest BCUT2D eigenvalue weighted by atomic mass is 10.00. The first-order valence-corrected chi connectivity index (χ1v) is 4.75. The molecule has 0 saturated carbocycles. The molecule has 2 nitrogen and oxygen atoms in total. The first-order valence-electron chi connectivity index (χ1n) is 3.96. The van der Waals surface area contributed by atoms with Gasteiger partial charge in [0.25, 0.3) is 0 Å². The number of halogens is 1. The third kappa shape index (κ3) is 2.57. The van der Waals surface area contributed by atoms with Crippen molar-refractivity contribution >= 4 is 15.9 Å². The molecule has 66 valence electrons. The molecule has 0 amide bonds. The molecule has 0 aliphatic heterocycles. The van der Waals surface area contributed by atoms with Gasteiger partial charge in [-0.15, -0.1) is 0 Å². The predicted molar refractivity (Wildman–Crippen MR) is 52.1 cm³/mol. The Hall–Kier alpha value is -0.410. The molecular weight excluding hydrogens is 218 g/mol. The van der Waals surface area contributed by atoms with Gasteiger partial charge in [-0.2, -0.15) is 0 Å². The van der Waals surface area contributed by atoms with E-state index in [1.54, 1.807) is 6.20 Å². The van der Waals surface area contributed by atoms with Gasteiger partial charge in [-0.3, -0.25) is 0 Å². The minimum absolute atomic E-state index is 0.237. The summed E-state index contributed by atoms with van der Waals surface area (Å²) in [5.41, 5.74) is 1.21. The predicted octanol–water partition coefficient (Wildman–Crippen LogP) is 2.33. The third-order valence-electron chi connectivity index (χ3n) is 1.88.